The second kappa shape index (κ2) is 6.16. The number of nitrogens with one attached hydrogen (secondary N) is 1. The first-order chi connectivity index (χ1) is 9.40. The van der Waals surface area contributed by atoms with Crippen LogP contribution in [0.4, 0.5) is 5.69 Å². The lowest BCUT2D eigenvalue weighted by Crippen LogP contribution is -2.26. The summed E-state index contributed by atoms with van der Waals surface area (Å²) in [6, 6.07) is 2.99. The summed E-state index contributed by atoms with van der Waals surface area (Å²) in [7, 11) is -3.57. The molecule has 0 radical (unpaired) electrons. The minimum Gasteiger partial charge on any atom is -0.398 e. The van der Waals surface area contributed by atoms with E-state index in [9.17, 15) is 8.42 Å². The van der Waals surface area contributed by atoms with Crippen molar-refractivity contribution in [1.29, 1.82) is 0 Å². The maximum Gasteiger partial charge on any atom is 0.240 e. The van der Waals surface area contributed by atoms with Crippen LogP contribution in [-0.2, 0) is 10.0 Å². The molecule has 1 aliphatic carbocycles. The molecule has 3 N–H and O–H groups in total. The minimum absolute atomic E-state index is 0.155. The van der Waals surface area contributed by atoms with E-state index in [0.29, 0.717) is 22.8 Å². The van der Waals surface area contributed by atoms with Crippen LogP contribution in [0.25, 0.3) is 0 Å². The third-order valence-corrected chi connectivity index (χ3v) is 5.33. The van der Waals surface area contributed by atoms with Crippen molar-refractivity contribution in [3.63, 3.8) is 0 Å². The molecular formula is C14H19ClN2O2S. The van der Waals surface area contributed by atoms with Crippen molar-refractivity contribution in [2.24, 2.45) is 0 Å². The summed E-state index contributed by atoms with van der Waals surface area (Å²) in [5.41, 5.74) is 8.00. The van der Waals surface area contributed by atoms with E-state index in [1.807, 2.05) is 0 Å². The highest BCUT2D eigenvalue weighted by Crippen LogP contribution is 2.26. The molecule has 6 heteroatoms. The lowest BCUT2D eigenvalue weighted by Gasteiger charge is -2.12. The van der Waals surface area contributed by atoms with Crippen LogP contribution in [0.15, 0.2) is 28.7 Å². The van der Waals surface area contributed by atoms with Crippen molar-refractivity contribution >= 4 is 27.3 Å². The van der Waals surface area contributed by atoms with Crippen LogP contribution in [0.5, 0.6) is 0 Å². The van der Waals surface area contributed by atoms with Gasteiger partial charge in [0, 0.05) is 17.3 Å². The fraction of sp³-hybridized carbons (Fsp3) is 0.429. The monoisotopic (exact) mass is 314 g/mol. The standard InChI is InChI=1S/C14H19ClN2O2S/c1-10-13(16)8-12(15)9-14(10)20(18,19)17-7-6-11-4-2-3-5-11/h4,8-9,17H,2-3,5-7,16H2,1H3. The molecule has 2 rings (SSSR count). The topological polar surface area (TPSA) is 72.2 Å². The van der Waals surface area contributed by atoms with Crippen molar-refractivity contribution in [2.75, 3.05) is 12.3 Å². The van der Waals surface area contributed by atoms with Crippen molar-refractivity contribution in [3.8, 4) is 0 Å². The van der Waals surface area contributed by atoms with Gasteiger partial charge in [0.25, 0.3) is 0 Å². The minimum atomic E-state index is -3.57. The average Bonchev–Trinajstić information content (AvgIpc) is 2.86. The fourth-order valence-electron chi connectivity index (χ4n) is 2.34. The number of sulfonamides is 1. The molecule has 110 valence electrons. The Morgan fingerprint density at radius 1 is 1.40 bits per heavy atom. The lowest BCUT2D eigenvalue weighted by atomic mass is 10.2. The maximum atomic E-state index is 12.3. The summed E-state index contributed by atoms with van der Waals surface area (Å²) in [6.07, 6.45) is 6.30. The molecule has 1 aliphatic rings. The van der Waals surface area contributed by atoms with Crippen LogP contribution in [-0.4, -0.2) is 15.0 Å². The lowest BCUT2D eigenvalue weighted by molar-refractivity contribution is 0.580. The third kappa shape index (κ3) is 3.53. The van der Waals surface area contributed by atoms with Gasteiger partial charge >= 0.3 is 0 Å². The molecule has 0 saturated carbocycles. The van der Waals surface area contributed by atoms with Crippen molar-refractivity contribution in [1.82, 2.24) is 4.72 Å². The van der Waals surface area contributed by atoms with Crippen molar-refractivity contribution in [2.45, 2.75) is 37.5 Å². The number of nitrogen functional groups attached to an aromatic ring is 1. The fourth-order valence-corrected chi connectivity index (χ4v) is 3.96. The van der Waals surface area contributed by atoms with E-state index in [4.69, 9.17) is 17.3 Å². The molecule has 1 aromatic carbocycles. The number of benzene rings is 1. The second-order valence-electron chi connectivity index (χ2n) is 5.02. The van der Waals surface area contributed by atoms with E-state index < -0.39 is 10.0 Å². The van der Waals surface area contributed by atoms with Gasteiger partial charge in [-0.25, -0.2) is 13.1 Å². The molecule has 0 bridgehead atoms. The quantitative estimate of drug-likeness (QED) is 0.648. The molecule has 0 aliphatic heterocycles. The summed E-state index contributed by atoms with van der Waals surface area (Å²) in [6.45, 7) is 2.08. The first-order valence-corrected chi connectivity index (χ1v) is 8.49. The van der Waals surface area contributed by atoms with Gasteiger partial charge in [-0.1, -0.05) is 23.3 Å². The van der Waals surface area contributed by atoms with Gasteiger partial charge in [0.2, 0.25) is 10.0 Å². The Labute approximate surface area is 125 Å². The number of hydrogen-bond donors (Lipinski definition) is 2. The number of nitrogens with two attached hydrogens (primary N) is 1. The average molecular weight is 315 g/mol. The molecule has 20 heavy (non-hydrogen) atoms. The molecular weight excluding hydrogens is 296 g/mol. The molecule has 0 amide bonds. The molecule has 0 heterocycles. The summed E-state index contributed by atoms with van der Waals surface area (Å²) < 4.78 is 27.2. The summed E-state index contributed by atoms with van der Waals surface area (Å²) >= 11 is 5.88. The number of hydrogen-bond acceptors (Lipinski definition) is 3. The van der Waals surface area contributed by atoms with Gasteiger partial charge in [0.05, 0.1) is 4.90 Å². The first-order valence-electron chi connectivity index (χ1n) is 6.63. The normalized spacial score (nSPS) is 15.4. The highest BCUT2D eigenvalue weighted by atomic mass is 35.5. The summed E-state index contributed by atoms with van der Waals surface area (Å²) in [4.78, 5) is 0.155. The number of allylic oxidation sites excluding steroid dienone is 1. The zero-order valence-corrected chi connectivity index (χ0v) is 13.0. The molecule has 0 aromatic heterocycles. The van der Waals surface area contributed by atoms with E-state index in [1.54, 1.807) is 13.0 Å². The van der Waals surface area contributed by atoms with E-state index in [0.717, 1.165) is 19.3 Å². The van der Waals surface area contributed by atoms with Crippen LogP contribution in [0.1, 0.15) is 31.2 Å². The zero-order chi connectivity index (χ0) is 14.8. The smallest absolute Gasteiger partial charge is 0.240 e. The Balaban J connectivity index is 2.10. The van der Waals surface area contributed by atoms with Crippen molar-refractivity contribution in [3.05, 3.63) is 34.4 Å². The Bertz CT molecular complexity index is 639. The predicted molar refractivity (Wildman–Crippen MR) is 82.3 cm³/mol. The van der Waals surface area contributed by atoms with Gasteiger partial charge in [-0.15, -0.1) is 0 Å². The van der Waals surface area contributed by atoms with E-state index >= 15 is 0 Å². The van der Waals surface area contributed by atoms with E-state index in [-0.39, 0.29) is 4.90 Å². The Morgan fingerprint density at radius 2 is 2.15 bits per heavy atom. The van der Waals surface area contributed by atoms with Gasteiger partial charge in [-0.05, 0) is 50.3 Å². The van der Waals surface area contributed by atoms with Gasteiger partial charge in [0.15, 0.2) is 0 Å². The zero-order valence-electron chi connectivity index (χ0n) is 11.4. The van der Waals surface area contributed by atoms with Gasteiger partial charge < -0.3 is 5.73 Å². The van der Waals surface area contributed by atoms with Crippen LogP contribution in [0, 0.1) is 6.92 Å². The highest BCUT2D eigenvalue weighted by Gasteiger charge is 2.19. The largest absolute Gasteiger partial charge is 0.398 e. The van der Waals surface area contributed by atoms with Crippen LogP contribution in [0.3, 0.4) is 0 Å². The third-order valence-electron chi connectivity index (χ3n) is 3.53. The second-order valence-corrected chi connectivity index (χ2v) is 7.19. The van der Waals surface area contributed by atoms with Crippen LogP contribution < -0.4 is 10.5 Å². The molecule has 1 aromatic rings. The SMILES string of the molecule is Cc1c(N)cc(Cl)cc1S(=O)(=O)NCCC1=CCCC1. The number of anilines is 1. The Hall–Kier alpha value is -1.04. The molecule has 0 saturated heterocycles. The predicted octanol–water partition coefficient (Wildman–Crippen LogP) is 3.01. The molecule has 0 atom stereocenters. The maximum absolute atomic E-state index is 12.3. The van der Waals surface area contributed by atoms with Gasteiger partial charge in [-0.2, -0.15) is 0 Å². The molecule has 0 fully saturated rings. The Kier molecular flexibility index (Phi) is 4.73. The first kappa shape index (κ1) is 15.4. The highest BCUT2D eigenvalue weighted by molar-refractivity contribution is 7.89. The summed E-state index contributed by atoms with van der Waals surface area (Å²) in [5, 5.41) is 0.326. The Morgan fingerprint density at radius 3 is 2.80 bits per heavy atom. The van der Waals surface area contributed by atoms with Crippen LogP contribution in [0.2, 0.25) is 5.02 Å². The van der Waals surface area contributed by atoms with E-state index in [1.165, 1.54) is 18.1 Å². The molecule has 0 spiro atoms. The van der Waals surface area contributed by atoms with Gasteiger partial charge in [-0.3, -0.25) is 0 Å². The number of rotatable bonds is 5. The molecule has 0 unspecified atom stereocenters. The van der Waals surface area contributed by atoms with Crippen LogP contribution >= 0.6 is 11.6 Å². The van der Waals surface area contributed by atoms with E-state index in [2.05, 4.69) is 10.8 Å². The van der Waals surface area contributed by atoms with Gasteiger partial charge in [0.1, 0.15) is 0 Å². The molecule has 4 nitrogen and oxygen atoms in total. The summed E-state index contributed by atoms with van der Waals surface area (Å²) in [5.74, 6) is 0. The number of halogens is 1. The van der Waals surface area contributed by atoms with Crippen molar-refractivity contribution < 1.29 is 8.42 Å².